The first-order chi connectivity index (χ1) is 9.94. The number of rotatable bonds is 6. The minimum Gasteiger partial charge on any atom is -0.481 e. The predicted molar refractivity (Wildman–Crippen MR) is 76.0 cm³/mol. The molecule has 0 aromatic rings. The van der Waals surface area contributed by atoms with Gasteiger partial charge >= 0.3 is 12.1 Å². The summed E-state index contributed by atoms with van der Waals surface area (Å²) >= 11 is 0. The number of hydrogen-bond donors (Lipinski definition) is 4. The van der Waals surface area contributed by atoms with Crippen molar-refractivity contribution in [2.75, 3.05) is 19.6 Å². The van der Waals surface area contributed by atoms with Gasteiger partial charge in [-0.25, -0.2) is 4.79 Å². The zero-order chi connectivity index (χ0) is 17.1. The van der Waals surface area contributed by atoms with Crippen LogP contribution in [0.25, 0.3) is 0 Å². The lowest BCUT2D eigenvalue weighted by Gasteiger charge is -2.50. The van der Waals surface area contributed by atoms with Gasteiger partial charge in [0.25, 0.3) is 0 Å². The Balaban J connectivity index is 2.61. The molecule has 9 nitrogen and oxygen atoms in total. The van der Waals surface area contributed by atoms with Crippen LogP contribution in [0.15, 0.2) is 0 Å². The molecule has 1 rings (SSSR count). The molecule has 1 unspecified atom stereocenters. The van der Waals surface area contributed by atoms with Gasteiger partial charge in [0.2, 0.25) is 5.91 Å². The number of carbonyl (C=O) groups excluding carboxylic acids is 2. The van der Waals surface area contributed by atoms with Crippen LogP contribution < -0.4 is 11.1 Å². The molecule has 2 amide bonds. The Labute approximate surface area is 128 Å². The molecule has 1 atom stereocenters. The normalized spacial score (nSPS) is 18.3. The second kappa shape index (κ2) is 6.49. The minimum atomic E-state index is -1.42. The number of ether oxygens (including phenoxy) is 1. The van der Waals surface area contributed by atoms with Crippen molar-refractivity contribution in [1.29, 1.82) is 0 Å². The molecule has 0 aliphatic carbocycles. The maximum absolute atomic E-state index is 11.9. The van der Waals surface area contributed by atoms with Gasteiger partial charge in [0.15, 0.2) is 0 Å². The fourth-order valence-electron chi connectivity index (χ4n) is 2.13. The Morgan fingerprint density at radius 1 is 1.36 bits per heavy atom. The molecule has 1 aliphatic rings. The summed E-state index contributed by atoms with van der Waals surface area (Å²) in [6.45, 7) is 5.24. The van der Waals surface area contributed by atoms with E-state index >= 15 is 0 Å². The number of likely N-dealkylation sites (tertiary alicyclic amines) is 1. The average molecular weight is 317 g/mol. The second-order valence-electron chi connectivity index (χ2n) is 6.49. The van der Waals surface area contributed by atoms with Crippen LogP contribution in [0.2, 0.25) is 0 Å². The number of amides is 2. The number of nitrogens with one attached hydrogen (secondary N) is 1. The number of aliphatic hydroxyl groups is 1. The molecule has 0 saturated carbocycles. The highest BCUT2D eigenvalue weighted by Crippen LogP contribution is 2.26. The monoisotopic (exact) mass is 317 g/mol. The van der Waals surface area contributed by atoms with E-state index in [4.69, 9.17) is 15.6 Å². The SMILES string of the molecule is CC(C)(C)OC(=O)N1CC(CC(=O)O)(NCC(O)C(N)=O)C1. The molecule has 0 aromatic carbocycles. The van der Waals surface area contributed by atoms with Crippen LogP contribution in [0.4, 0.5) is 4.79 Å². The van der Waals surface area contributed by atoms with Crippen LogP contribution >= 0.6 is 0 Å². The zero-order valence-electron chi connectivity index (χ0n) is 13.0. The lowest BCUT2D eigenvalue weighted by molar-refractivity contribution is -0.141. The van der Waals surface area contributed by atoms with E-state index in [2.05, 4.69) is 5.32 Å². The lowest BCUT2D eigenvalue weighted by atomic mass is 9.86. The van der Waals surface area contributed by atoms with Crippen molar-refractivity contribution >= 4 is 18.0 Å². The van der Waals surface area contributed by atoms with Gasteiger partial charge in [-0.05, 0) is 20.8 Å². The maximum atomic E-state index is 11.9. The van der Waals surface area contributed by atoms with Crippen molar-refractivity contribution in [3.8, 4) is 0 Å². The van der Waals surface area contributed by atoms with Crippen molar-refractivity contribution in [2.24, 2.45) is 5.73 Å². The van der Waals surface area contributed by atoms with Crippen LogP contribution in [0.1, 0.15) is 27.2 Å². The Morgan fingerprint density at radius 2 is 1.91 bits per heavy atom. The van der Waals surface area contributed by atoms with Crippen LogP contribution in [0.5, 0.6) is 0 Å². The fraction of sp³-hybridized carbons (Fsp3) is 0.769. The van der Waals surface area contributed by atoms with Gasteiger partial charge in [0, 0.05) is 19.6 Å². The number of aliphatic hydroxyl groups excluding tert-OH is 1. The van der Waals surface area contributed by atoms with Crippen LogP contribution in [0, 0.1) is 0 Å². The van der Waals surface area contributed by atoms with Crippen molar-refractivity contribution in [1.82, 2.24) is 10.2 Å². The van der Waals surface area contributed by atoms with E-state index in [9.17, 15) is 19.5 Å². The number of carboxylic acids is 1. The van der Waals surface area contributed by atoms with Gasteiger partial charge in [0.1, 0.15) is 11.7 Å². The lowest BCUT2D eigenvalue weighted by Crippen LogP contribution is -2.72. The standard InChI is InChI=1S/C13H23N3O6/c1-12(2,3)22-11(21)16-6-13(7-16,4-9(18)19)15-5-8(17)10(14)20/h8,15,17H,4-7H2,1-3H3,(H2,14,20)(H,18,19). The Bertz CT molecular complexity index is 453. The molecule has 0 aromatic heterocycles. The van der Waals surface area contributed by atoms with E-state index in [0.29, 0.717) is 0 Å². The molecule has 1 aliphatic heterocycles. The van der Waals surface area contributed by atoms with Crippen LogP contribution in [-0.4, -0.2) is 70.0 Å². The molecule has 0 spiro atoms. The van der Waals surface area contributed by atoms with Gasteiger partial charge in [0.05, 0.1) is 12.0 Å². The summed E-state index contributed by atoms with van der Waals surface area (Å²) in [5.74, 6) is -1.95. The number of carbonyl (C=O) groups is 3. The number of nitrogens with zero attached hydrogens (tertiary/aromatic N) is 1. The topological polar surface area (TPSA) is 142 Å². The summed E-state index contributed by atoms with van der Waals surface area (Å²) in [6, 6.07) is 0. The van der Waals surface area contributed by atoms with Crippen LogP contribution in [-0.2, 0) is 14.3 Å². The van der Waals surface area contributed by atoms with Crippen molar-refractivity contribution in [3.05, 3.63) is 0 Å². The van der Waals surface area contributed by atoms with Gasteiger partial charge in [-0.2, -0.15) is 0 Å². The number of carboxylic acid groups (broad SMARTS) is 1. The number of aliphatic carboxylic acids is 1. The van der Waals surface area contributed by atoms with Gasteiger partial charge < -0.3 is 30.9 Å². The Morgan fingerprint density at radius 3 is 2.32 bits per heavy atom. The first kappa shape index (κ1) is 18.2. The zero-order valence-corrected chi connectivity index (χ0v) is 13.0. The summed E-state index contributed by atoms with van der Waals surface area (Å²) < 4.78 is 5.19. The van der Waals surface area contributed by atoms with Gasteiger partial charge in [-0.3, -0.25) is 9.59 Å². The van der Waals surface area contributed by atoms with E-state index in [0.717, 1.165) is 0 Å². The van der Waals surface area contributed by atoms with Crippen molar-refractivity contribution in [2.45, 2.75) is 44.4 Å². The van der Waals surface area contributed by atoms with E-state index in [1.54, 1.807) is 20.8 Å². The number of primary amides is 1. The van der Waals surface area contributed by atoms with Gasteiger partial charge in [-0.1, -0.05) is 0 Å². The molecule has 0 bridgehead atoms. The maximum Gasteiger partial charge on any atom is 0.410 e. The third-order valence-electron chi connectivity index (χ3n) is 3.13. The molecular formula is C13H23N3O6. The summed E-state index contributed by atoms with van der Waals surface area (Å²) in [5, 5.41) is 21.2. The Hall–Kier alpha value is -1.87. The fourth-order valence-corrected chi connectivity index (χ4v) is 2.13. The van der Waals surface area contributed by atoms with E-state index in [-0.39, 0.29) is 26.1 Å². The molecule has 5 N–H and O–H groups in total. The number of nitrogens with two attached hydrogens (primary N) is 1. The third kappa shape index (κ3) is 5.15. The molecule has 1 heterocycles. The number of β-amino-alcohol motifs (C(OH)–C–C–N with tert-alkyl or cyclic N) is 1. The predicted octanol–water partition coefficient (Wildman–Crippen LogP) is -1.11. The van der Waals surface area contributed by atoms with E-state index in [1.807, 2.05) is 0 Å². The highest BCUT2D eigenvalue weighted by Gasteiger charge is 2.48. The first-order valence-corrected chi connectivity index (χ1v) is 6.86. The quantitative estimate of drug-likeness (QED) is 0.486. The smallest absolute Gasteiger partial charge is 0.410 e. The van der Waals surface area contributed by atoms with Gasteiger partial charge in [-0.15, -0.1) is 0 Å². The molecule has 1 saturated heterocycles. The summed E-state index contributed by atoms with van der Waals surface area (Å²) in [7, 11) is 0. The largest absolute Gasteiger partial charge is 0.481 e. The summed E-state index contributed by atoms with van der Waals surface area (Å²) in [4.78, 5) is 35.0. The molecular weight excluding hydrogens is 294 g/mol. The van der Waals surface area contributed by atoms with E-state index in [1.165, 1.54) is 4.90 Å². The van der Waals surface area contributed by atoms with Crippen molar-refractivity contribution < 1.29 is 29.3 Å². The highest BCUT2D eigenvalue weighted by molar-refractivity contribution is 5.78. The second-order valence-corrected chi connectivity index (χ2v) is 6.49. The highest BCUT2D eigenvalue weighted by atomic mass is 16.6. The number of hydrogen-bond acceptors (Lipinski definition) is 6. The first-order valence-electron chi connectivity index (χ1n) is 6.86. The van der Waals surface area contributed by atoms with Crippen LogP contribution in [0.3, 0.4) is 0 Å². The Kier molecular flexibility index (Phi) is 5.36. The summed E-state index contributed by atoms with van der Waals surface area (Å²) in [5.41, 5.74) is 3.40. The minimum absolute atomic E-state index is 0.111. The summed E-state index contributed by atoms with van der Waals surface area (Å²) in [6.07, 6.45) is -2.20. The molecule has 1 fully saturated rings. The van der Waals surface area contributed by atoms with E-state index < -0.39 is 35.2 Å². The molecule has 22 heavy (non-hydrogen) atoms. The molecule has 0 radical (unpaired) electrons. The average Bonchev–Trinajstić information content (AvgIpc) is 2.27. The third-order valence-corrected chi connectivity index (χ3v) is 3.13. The molecule has 126 valence electrons. The van der Waals surface area contributed by atoms with Crippen molar-refractivity contribution in [3.63, 3.8) is 0 Å². The molecule has 9 heteroatoms.